The molecule has 1 aromatic carbocycles. The molecule has 7 nitrogen and oxygen atoms in total. The molecule has 1 saturated heterocycles. The first-order valence-corrected chi connectivity index (χ1v) is 10.5. The van der Waals surface area contributed by atoms with Crippen LogP contribution in [-0.4, -0.2) is 69.4 Å². The first-order chi connectivity index (χ1) is 14.6. The Morgan fingerprint density at radius 3 is 2.52 bits per heavy atom. The van der Waals surface area contributed by atoms with Crippen molar-refractivity contribution in [3.63, 3.8) is 0 Å². The number of rotatable bonds is 7. The Labute approximate surface area is 202 Å². The topological polar surface area (TPSA) is 62.2 Å². The van der Waals surface area contributed by atoms with Gasteiger partial charge in [0.2, 0.25) is 5.88 Å². The third-order valence-electron chi connectivity index (χ3n) is 5.49. The normalized spacial score (nSPS) is 14.3. The first kappa shape index (κ1) is 25.2. The van der Waals surface area contributed by atoms with Gasteiger partial charge in [0.05, 0.1) is 6.61 Å². The summed E-state index contributed by atoms with van der Waals surface area (Å²) in [5.74, 6) is 1.54. The quantitative estimate of drug-likeness (QED) is 0.253. The number of aromatic nitrogens is 1. The number of pyridine rings is 1. The average Bonchev–Trinajstić information content (AvgIpc) is 2.78. The third-order valence-corrected chi connectivity index (χ3v) is 5.49. The molecule has 170 valence electrons. The fourth-order valence-electron chi connectivity index (χ4n) is 3.58. The summed E-state index contributed by atoms with van der Waals surface area (Å²) in [6.45, 7) is 9.97. The van der Waals surface area contributed by atoms with Crippen molar-refractivity contribution in [1.29, 1.82) is 0 Å². The van der Waals surface area contributed by atoms with Gasteiger partial charge in [0.25, 0.3) is 0 Å². The predicted molar refractivity (Wildman–Crippen MR) is 137 cm³/mol. The standard InChI is InChI=1S/C23H33N5O2.HI/c1-18-6-5-7-21(19(18)2)27-10-12-28(13-11-27)23(24-3)26-17-20-8-9-22(25-16-20)30-15-14-29-4;/h5-9,16H,10-15,17H2,1-4H3,(H,24,26);1H. The van der Waals surface area contributed by atoms with Gasteiger partial charge in [0.1, 0.15) is 6.61 Å². The number of aryl methyl sites for hydroxylation is 1. The van der Waals surface area contributed by atoms with Crippen LogP contribution in [0.25, 0.3) is 0 Å². The highest BCUT2D eigenvalue weighted by Crippen LogP contribution is 2.23. The molecule has 1 aromatic heterocycles. The van der Waals surface area contributed by atoms with Crippen LogP contribution in [0.5, 0.6) is 5.88 Å². The van der Waals surface area contributed by atoms with Crippen molar-refractivity contribution < 1.29 is 9.47 Å². The Hall–Kier alpha value is -2.07. The fourth-order valence-corrected chi connectivity index (χ4v) is 3.58. The lowest BCUT2D eigenvalue weighted by molar-refractivity contribution is 0.143. The monoisotopic (exact) mass is 539 g/mol. The SMILES string of the molecule is CN=C(NCc1ccc(OCCOC)nc1)N1CCN(c2cccc(C)c2C)CC1.I. The van der Waals surface area contributed by atoms with E-state index < -0.39 is 0 Å². The van der Waals surface area contributed by atoms with Crippen molar-refractivity contribution in [3.8, 4) is 5.88 Å². The summed E-state index contributed by atoms with van der Waals surface area (Å²) in [5.41, 5.74) is 5.15. The summed E-state index contributed by atoms with van der Waals surface area (Å²) in [7, 11) is 3.49. The molecule has 0 saturated carbocycles. The van der Waals surface area contributed by atoms with E-state index in [1.165, 1.54) is 16.8 Å². The van der Waals surface area contributed by atoms with E-state index in [2.05, 4.69) is 57.1 Å². The zero-order chi connectivity index (χ0) is 21.3. The second kappa shape index (κ2) is 12.7. The molecule has 0 unspecified atom stereocenters. The number of hydrogen-bond donors (Lipinski definition) is 1. The lowest BCUT2D eigenvalue weighted by Gasteiger charge is -2.38. The summed E-state index contributed by atoms with van der Waals surface area (Å²) < 4.78 is 10.5. The van der Waals surface area contributed by atoms with E-state index in [0.717, 1.165) is 37.7 Å². The molecular weight excluding hydrogens is 505 g/mol. The van der Waals surface area contributed by atoms with E-state index in [-0.39, 0.29) is 24.0 Å². The number of nitrogens with zero attached hydrogens (tertiary/aromatic N) is 4. The molecule has 1 aliphatic heterocycles. The maximum atomic E-state index is 5.51. The van der Waals surface area contributed by atoms with Crippen LogP contribution in [-0.2, 0) is 11.3 Å². The van der Waals surface area contributed by atoms with Gasteiger partial charge in [0, 0.05) is 64.8 Å². The molecule has 1 aliphatic rings. The zero-order valence-electron chi connectivity index (χ0n) is 18.9. The molecule has 31 heavy (non-hydrogen) atoms. The van der Waals surface area contributed by atoms with Crippen LogP contribution in [0, 0.1) is 13.8 Å². The molecular formula is C23H34IN5O2. The van der Waals surface area contributed by atoms with E-state index in [9.17, 15) is 0 Å². The highest BCUT2D eigenvalue weighted by atomic mass is 127. The van der Waals surface area contributed by atoms with Crippen molar-refractivity contribution in [2.24, 2.45) is 4.99 Å². The third kappa shape index (κ3) is 6.96. The molecule has 0 radical (unpaired) electrons. The van der Waals surface area contributed by atoms with Crippen LogP contribution in [0.1, 0.15) is 16.7 Å². The van der Waals surface area contributed by atoms with Crippen molar-refractivity contribution in [2.45, 2.75) is 20.4 Å². The van der Waals surface area contributed by atoms with Gasteiger partial charge in [-0.1, -0.05) is 18.2 Å². The second-order valence-electron chi connectivity index (χ2n) is 7.44. The number of methoxy groups -OCH3 is 1. The van der Waals surface area contributed by atoms with Crippen LogP contribution in [0.4, 0.5) is 5.69 Å². The number of guanidine groups is 1. The van der Waals surface area contributed by atoms with Crippen LogP contribution >= 0.6 is 24.0 Å². The Kier molecular flexibility index (Phi) is 10.3. The van der Waals surface area contributed by atoms with E-state index in [1.807, 2.05) is 25.4 Å². The maximum absolute atomic E-state index is 5.51. The minimum Gasteiger partial charge on any atom is -0.475 e. The number of hydrogen-bond acceptors (Lipinski definition) is 5. The summed E-state index contributed by atoms with van der Waals surface area (Å²) >= 11 is 0. The molecule has 3 rings (SSSR count). The van der Waals surface area contributed by atoms with E-state index in [0.29, 0.717) is 25.6 Å². The average molecular weight is 539 g/mol. The van der Waals surface area contributed by atoms with Crippen molar-refractivity contribution in [3.05, 3.63) is 53.2 Å². The number of piperazine rings is 1. The van der Waals surface area contributed by atoms with Gasteiger partial charge in [-0.3, -0.25) is 4.99 Å². The molecule has 1 N–H and O–H groups in total. The molecule has 0 spiro atoms. The van der Waals surface area contributed by atoms with Gasteiger partial charge in [-0.05, 0) is 36.6 Å². The van der Waals surface area contributed by atoms with Crippen LogP contribution < -0.4 is 15.0 Å². The number of anilines is 1. The lowest BCUT2D eigenvalue weighted by Crippen LogP contribution is -2.52. The number of benzene rings is 1. The first-order valence-electron chi connectivity index (χ1n) is 10.5. The Morgan fingerprint density at radius 2 is 1.87 bits per heavy atom. The van der Waals surface area contributed by atoms with Gasteiger partial charge in [0.15, 0.2) is 5.96 Å². The number of ether oxygens (including phenoxy) is 2. The Balaban J connectivity index is 0.00000341. The van der Waals surface area contributed by atoms with Gasteiger partial charge in [-0.15, -0.1) is 24.0 Å². The van der Waals surface area contributed by atoms with Gasteiger partial charge >= 0.3 is 0 Å². The van der Waals surface area contributed by atoms with E-state index >= 15 is 0 Å². The highest BCUT2D eigenvalue weighted by Gasteiger charge is 2.21. The summed E-state index contributed by atoms with van der Waals surface area (Å²) in [6.07, 6.45) is 1.83. The lowest BCUT2D eigenvalue weighted by atomic mass is 10.1. The molecule has 2 heterocycles. The molecule has 0 bridgehead atoms. The van der Waals surface area contributed by atoms with Crippen LogP contribution in [0.3, 0.4) is 0 Å². The summed E-state index contributed by atoms with van der Waals surface area (Å²) in [5, 5.41) is 3.46. The molecule has 1 fully saturated rings. The molecule has 8 heteroatoms. The highest BCUT2D eigenvalue weighted by molar-refractivity contribution is 14.0. The van der Waals surface area contributed by atoms with Crippen molar-refractivity contribution >= 4 is 35.6 Å². The summed E-state index contributed by atoms with van der Waals surface area (Å²) in [4.78, 5) is 13.6. The second-order valence-corrected chi connectivity index (χ2v) is 7.44. The van der Waals surface area contributed by atoms with Crippen LogP contribution in [0.2, 0.25) is 0 Å². The smallest absolute Gasteiger partial charge is 0.213 e. The molecule has 2 aromatic rings. The largest absolute Gasteiger partial charge is 0.475 e. The van der Waals surface area contributed by atoms with Gasteiger partial charge in [-0.2, -0.15) is 0 Å². The minimum atomic E-state index is 0. The molecule has 0 amide bonds. The molecule has 0 atom stereocenters. The van der Waals surface area contributed by atoms with E-state index in [4.69, 9.17) is 9.47 Å². The number of halogens is 1. The predicted octanol–water partition coefficient (Wildman–Crippen LogP) is 3.24. The summed E-state index contributed by atoms with van der Waals surface area (Å²) in [6, 6.07) is 10.5. The van der Waals surface area contributed by atoms with Crippen molar-refractivity contribution in [1.82, 2.24) is 15.2 Å². The maximum Gasteiger partial charge on any atom is 0.213 e. The number of nitrogens with one attached hydrogen (secondary N) is 1. The van der Waals surface area contributed by atoms with Gasteiger partial charge < -0.3 is 24.6 Å². The Morgan fingerprint density at radius 1 is 1.10 bits per heavy atom. The Bertz CT molecular complexity index is 836. The zero-order valence-corrected chi connectivity index (χ0v) is 21.3. The van der Waals surface area contributed by atoms with Crippen molar-refractivity contribution in [2.75, 3.05) is 58.5 Å². The molecule has 0 aliphatic carbocycles. The minimum absolute atomic E-state index is 0. The van der Waals surface area contributed by atoms with Crippen LogP contribution in [0.15, 0.2) is 41.5 Å². The van der Waals surface area contributed by atoms with Gasteiger partial charge in [-0.25, -0.2) is 4.98 Å². The fraction of sp³-hybridized carbons (Fsp3) is 0.478. The number of aliphatic imine (C=N–C) groups is 1. The van der Waals surface area contributed by atoms with E-state index in [1.54, 1.807) is 7.11 Å².